The van der Waals surface area contributed by atoms with E-state index in [1.165, 1.54) is 32.1 Å². The molecule has 0 unspecified atom stereocenters. The molecule has 0 bridgehead atoms. The molecule has 0 saturated heterocycles. The summed E-state index contributed by atoms with van der Waals surface area (Å²) in [5.74, 6) is 1.02. The lowest BCUT2D eigenvalue weighted by atomic mass is 9.55. The molecule has 4 nitrogen and oxygen atoms in total. The van der Waals surface area contributed by atoms with Crippen LogP contribution in [0.3, 0.4) is 0 Å². The molecule has 0 spiro atoms. The molecule has 1 saturated carbocycles. The standard InChI is InChI=1S/C11H20BN4/c1-16-9-14-15-10(16)11(12-13)7-5-3-2-4-6-8-11/h9H,2-8,13H2,1H3. The molecule has 5 heteroatoms. The highest BCUT2D eigenvalue weighted by atomic mass is 15.3. The number of hydrogen-bond acceptors (Lipinski definition) is 3. The average Bonchev–Trinajstić information content (AvgIpc) is 2.66. The van der Waals surface area contributed by atoms with Crippen LogP contribution in [0.2, 0.25) is 0 Å². The third-order valence-corrected chi connectivity index (χ3v) is 3.72. The fourth-order valence-electron chi connectivity index (χ4n) is 2.74. The summed E-state index contributed by atoms with van der Waals surface area (Å²) in [5.41, 5.74) is 5.91. The first-order chi connectivity index (χ1) is 7.78. The van der Waals surface area contributed by atoms with E-state index < -0.39 is 0 Å². The van der Waals surface area contributed by atoms with E-state index in [0.29, 0.717) is 0 Å². The molecule has 0 amide bonds. The summed E-state index contributed by atoms with van der Waals surface area (Å²) in [6.45, 7) is 0. The van der Waals surface area contributed by atoms with E-state index in [9.17, 15) is 0 Å². The van der Waals surface area contributed by atoms with Crippen LogP contribution in [0, 0.1) is 0 Å². The highest BCUT2D eigenvalue weighted by Crippen LogP contribution is 2.34. The zero-order valence-corrected chi connectivity index (χ0v) is 10.0. The minimum Gasteiger partial charge on any atom is -0.374 e. The van der Waals surface area contributed by atoms with E-state index in [1.54, 1.807) is 6.33 Å². The molecule has 16 heavy (non-hydrogen) atoms. The zero-order chi connectivity index (χ0) is 11.4. The van der Waals surface area contributed by atoms with Gasteiger partial charge in [0.2, 0.25) is 7.41 Å². The molecule has 0 atom stereocenters. The molecule has 1 aromatic rings. The number of aryl methyl sites for hydroxylation is 1. The SMILES string of the molecule is Cn1cnnc1C1([B]N)CCCCCCC1. The van der Waals surface area contributed by atoms with Gasteiger partial charge in [0, 0.05) is 12.4 Å². The van der Waals surface area contributed by atoms with E-state index in [-0.39, 0.29) is 5.31 Å². The molecule has 2 N–H and O–H groups in total. The van der Waals surface area contributed by atoms with E-state index in [2.05, 4.69) is 10.2 Å². The first-order valence-electron chi connectivity index (χ1n) is 6.19. The second kappa shape index (κ2) is 5.00. The summed E-state index contributed by atoms with van der Waals surface area (Å²) >= 11 is 0. The van der Waals surface area contributed by atoms with Gasteiger partial charge in [-0.1, -0.05) is 32.1 Å². The molecule has 1 aliphatic carbocycles. The van der Waals surface area contributed by atoms with E-state index >= 15 is 0 Å². The first-order valence-corrected chi connectivity index (χ1v) is 6.19. The van der Waals surface area contributed by atoms with E-state index in [4.69, 9.17) is 5.64 Å². The van der Waals surface area contributed by atoms with Crippen LogP contribution in [0.25, 0.3) is 0 Å². The molecule has 0 aliphatic heterocycles. The fraction of sp³-hybridized carbons (Fsp3) is 0.818. The van der Waals surface area contributed by atoms with Crippen molar-refractivity contribution in [3.8, 4) is 0 Å². The van der Waals surface area contributed by atoms with Crippen molar-refractivity contribution in [2.45, 2.75) is 50.3 Å². The summed E-state index contributed by atoms with van der Waals surface area (Å²) < 4.78 is 2.00. The van der Waals surface area contributed by atoms with Gasteiger partial charge in [0.25, 0.3) is 0 Å². The predicted octanol–water partition coefficient (Wildman–Crippen LogP) is 1.33. The van der Waals surface area contributed by atoms with Crippen molar-refractivity contribution in [3.05, 3.63) is 12.2 Å². The Bertz CT molecular complexity index is 328. The largest absolute Gasteiger partial charge is 0.374 e. The van der Waals surface area contributed by atoms with Gasteiger partial charge in [-0.25, -0.2) is 0 Å². The van der Waals surface area contributed by atoms with E-state index in [1.807, 2.05) is 19.0 Å². The Morgan fingerprint density at radius 2 is 1.88 bits per heavy atom. The van der Waals surface area contributed by atoms with Crippen molar-refractivity contribution in [1.82, 2.24) is 14.8 Å². The molecule has 1 aromatic heterocycles. The second-order valence-corrected chi connectivity index (χ2v) is 4.86. The number of rotatable bonds is 2. The number of aromatic nitrogens is 3. The Morgan fingerprint density at radius 3 is 2.38 bits per heavy atom. The fourth-order valence-corrected chi connectivity index (χ4v) is 2.74. The third-order valence-electron chi connectivity index (χ3n) is 3.72. The minimum absolute atomic E-state index is 0.0499. The highest BCUT2D eigenvalue weighted by Gasteiger charge is 2.35. The van der Waals surface area contributed by atoms with Crippen LogP contribution >= 0.6 is 0 Å². The first kappa shape index (κ1) is 11.6. The van der Waals surface area contributed by atoms with Crippen LogP contribution in [0.15, 0.2) is 6.33 Å². The molecule has 2 rings (SSSR count). The van der Waals surface area contributed by atoms with Gasteiger partial charge in [-0.05, 0) is 12.8 Å². The normalized spacial score (nSPS) is 21.1. The molecule has 1 aliphatic rings. The van der Waals surface area contributed by atoms with Crippen molar-refractivity contribution in [2.24, 2.45) is 12.7 Å². The van der Waals surface area contributed by atoms with Gasteiger partial charge in [0.1, 0.15) is 12.2 Å². The zero-order valence-electron chi connectivity index (χ0n) is 10.0. The monoisotopic (exact) mass is 219 g/mol. The van der Waals surface area contributed by atoms with Crippen LogP contribution in [0.1, 0.15) is 50.8 Å². The Kier molecular flexibility index (Phi) is 3.64. The van der Waals surface area contributed by atoms with Gasteiger partial charge in [0.15, 0.2) is 0 Å². The van der Waals surface area contributed by atoms with Crippen LogP contribution in [0.4, 0.5) is 0 Å². The van der Waals surface area contributed by atoms with Gasteiger partial charge in [-0.3, -0.25) is 0 Å². The van der Waals surface area contributed by atoms with Gasteiger partial charge in [0.05, 0.1) is 0 Å². The lowest BCUT2D eigenvalue weighted by Gasteiger charge is -2.32. The van der Waals surface area contributed by atoms with Crippen molar-refractivity contribution < 1.29 is 0 Å². The Morgan fingerprint density at radius 1 is 1.25 bits per heavy atom. The topological polar surface area (TPSA) is 56.7 Å². The minimum atomic E-state index is -0.0499. The number of nitrogens with zero attached hydrogens (tertiary/aromatic N) is 3. The van der Waals surface area contributed by atoms with Crippen molar-refractivity contribution >= 4 is 7.41 Å². The van der Waals surface area contributed by atoms with Gasteiger partial charge < -0.3 is 10.2 Å². The summed E-state index contributed by atoms with van der Waals surface area (Å²) in [6, 6.07) is 0. The van der Waals surface area contributed by atoms with Crippen LogP contribution < -0.4 is 5.64 Å². The predicted molar refractivity (Wildman–Crippen MR) is 64.9 cm³/mol. The Balaban J connectivity index is 2.25. The molecule has 87 valence electrons. The number of hydrogen-bond donors (Lipinski definition) is 1. The van der Waals surface area contributed by atoms with Crippen LogP contribution in [0.5, 0.6) is 0 Å². The molecular weight excluding hydrogens is 199 g/mol. The van der Waals surface area contributed by atoms with Crippen molar-refractivity contribution in [1.29, 1.82) is 0 Å². The number of nitrogens with two attached hydrogens (primary N) is 1. The molecule has 1 radical (unpaired) electrons. The van der Waals surface area contributed by atoms with Crippen molar-refractivity contribution in [3.63, 3.8) is 0 Å². The maximum absolute atomic E-state index is 5.91. The maximum Gasteiger partial charge on any atom is 0.218 e. The van der Waals surface area contributed by atoms with Crippen LogP contribution in [-0.2, 0) is 12.4 Å². The molecule has 0 aromatic carbocycles. The summed E-state index contributed by atoms with van der Waals surface area (Å²) in [7, 11) is 3.85. The van der Waals surface area contributed by atoms with Crippen LogP contribution in [-0.4, -0.2) is 22.2 Å². The summed E-state index contributed by atoms with van der Waals surface area (Å²) in [5, 5.41) is 8.19. The summed E-state index contributed by atoms with van der Waals surface area (Å²) in [4.78, 5) is 0. The molecular formula is C11H20BN4. The van der Waals surface area contributed by atoms with Gasteiger partial charge >= 0.3 is 0 Å². The Hall–Kier alpha value is -0.835. The smallest absolute Gasteiger partial charge is 0.218 e. The quantitative estimate of drug-likeness (QED) is 0.763. The molecule has 1 heterocycles. The summed E-state index contributed by atoms with van der Waals surface area (Å²) in [6.07, 6.45) is 10.4. The Labute approximate surface area is 97.9 Å². The lowest BCUT2D eigenvalue weighted by Crippen LogP contribution is -2.41. The molecule has 1 fully saturated rings. The maximum atomic E-state index is 5.91. The second-order valence-electron chi connectivity index (χ2n) is 4.86. The average molecular weight is 219 g/mol. The van der Waals surface area contributed by atoms with Gasteiger partial charge in [-0.2, -0.15) is 0 Å². The lowest BCUT2D eigenvalue weighted by molar-refractivity contribution is 0.388. The van der Waals surface area contributed by atoms with E-state index in [0.717, 1.165) is 18.7 Å². The highest BCUT2D eigenvalue weighted by molar-refractivity contribution is 6.35. The third kappa shape index (κ3) is 2.14. The van der Waals surface area contributed by atoms with Crippen molar-refractivity contribution in [2.75, 3.05) is 0 Å². The van der Waals surface area contributed by atoms with Gasteiger partial charge in [-0.15, -0.1) is 10.2 Å².